The van der Waals surface area contributed by atoms with Crippen molar-refractivity contribution >= 4 is 11.8 Å². The molecule has 0 aliphatic carbocycles. The Balaban J connectivity index is 1.95. The number of rotatable bonds is 4. The smallest absolute Gasteiger partial charge is 0.270 e. The summed E-state index contributed by atoms with van der Waals surface area (Å²) in [4.78, 5) is 21.4. The fraction of sp³-hybridized carbons (Fsp3) is 0.353. The summed E-state index contributed by atoms with van der Waals surface area (Å²) in [5.41, 5.74) is 2.01. The van der Waals surface area contributed by atoms with Crippen LogP contribution >= 0.6 is 11.8 Å². The Bertz CT molecular complexity index is 822. The minimum Gasteiger partial charge on any atom is -0.379 e. The Morgan fingerprint density at radius 1 is 1.42 bits per heavy atom. The Labute approximate surface area is 144 Å². The maximum absolute atomic E-state index is 12.1. The van der Waals surface area contributed by atoms with Crippen molar-refractivity contribution in [1.82, 2.24) is 14.9 Å². The van der Waals surface area contributed by atoms with Gasteiger partial charge in [0.15, 0.2) is 5.16 Å². The van der Waals surface area contributed by atoms with Crippen LogP contribution in [-0.4, -0.2) is 47.4 Å². The highest BCUT2D eigenvalue weighted by Crippen LogP contribution is 2.23. The van der Waals surface area contributed by atoms with Crippen LogP contribution in [0.4, 0.5) is 0 Å². The molecule has 24 heavy (non-hydrogen) atoms. The van der Waals surface area contributed by atoms with Crippen molar-refractivity contribution in [3.63, 3.8) is 0 Å². The molecule has 7 heteroatoms. The number of nitrogens with one attached hydrogen (secondary N) is 1. The number of nitriles is 1. The second kappa shape index (κ2) is 7.62. The van der Waals surface area contributed by atoms with Crippen LogP contribution in [-0.2, 0) is 11.3 Å². The van der Waals surface area contributed by atoms with Crippen molar-refractivity contribution in [2.45, 2.75) is 11.7 Å². The van der Waals surface area contributed by atoms with E-state index in [0.717, 1.165) is 44.0 Å². The molecule has 0 saturated carbocycles. The molecule has 0 bridgehead atoms. The Kier molecular flexibility index (Phi) is 5.30. The molecular weight excluding hydrogens is 324 g/mol. The number of aromatic nitrogens is 2. The fourth-order valence-corrected chi connectivity index (χ4v) is 3.07. The molecule has 0 spiro atoms. The largest absolute Gasteiger partial charge is 0.379 e. The van der Waals surface area contributed by atoms with Crippen LogP contribution in [0.3, 0.4) is 0 Å². The molecule has 0 unspecified atom stereocenters. The van der Waals surface area contributed by atoms with E-state index < -0.39 is 5.56 Å². The zero-order valence-corrected chi connectivity index (χ0v) is 14.2. The van der Waals surface area contributed by atoms with Crippen molar-refractivity contribution in [2.75, 3.05) is 32.6 Å². The number of morpholine rings is 1. The summed E-state index contributed by atoms with van der Waals surface area (Å²) in [7, 11) is 0. The molecule has 6 nitrogen and oxygen atoms in total. The van der Waals surface area contributed by atoms with Gasteiger partial charge in [0, 0.05) is 25.2 Å². The van der Waals surface area contributed by atoms with E-state index in [0.29, 0.717) is 10.9 Å². The van der Waals surface area contributed by atoms with Gasteiger partial charge >= 0.3 is 0 Å². The van der Waals surface area contributed by atoms with Crippen LogP contribution in [0.2, 0.25) is 0 Å². The second-order valence-corrected chi connectivity index (χ2v) is 6.29. The predicted octanol–water partition coefficient (Wildman–Crippen LogP) is 1.86. The first kappa shape index (κ1) is 16.7. The average Bonchev–Trinajstić information content (AvgIpc) is 2.62. The van der Waals surface area contributed by atoms with Crippen molar-refractivity contribution in [3.8, 4) is 17.3 Å². The number of thioether (sulfide) groups is 1. The third-order valence-corrected chi connectivity index (χ3v) is 4.49. The average molecular weight is 342 g/mol. The lowest BCUT2D eigenvalue weighted by Gasteiger charge is -2.26. The third-order valence-electron chi connectivity index (χ3n) is 3.91. The van der Waals surface area contributed by atoms with Gasteiger partial charge in [-0.05, 0) is 17.9 Å². The highest BCUT2D eigenvalue weighted by molar-refractivity contribution is 7.98. The highest BCUT2D eigenvalue weighted by atomic mass is 32.2. The van der Waals surface area contributed by atoms with Gasteiger partial charge in [-0.2, -0.15) is 5.26 Å². The zero-order valence-electron chi connectivity index (χ0n) is 13.4. The maximum Gasteiger partial charge on any atom is 0.270 e. The molecule has 1 saturated heterocycles. The standard InChI is InChI=1S/C17H18N4O2S/c1-24-17-19-15(14(10-18)16(22)20-17)13-4-2-3-12(9-13)11-21-5-7-23-8-6-21/h2-4,9H,5-8,11H2,1H3,(H,19,20,22). The van der Waals surface area contributed by atoms with Crippen molar-refractivity contribution in [1.29, 1.82) is 5.26 Å². The van der Waals surface area contributed by atoms with Gasteiger partial charge < -0.3 is 9.72 Å². The fourth-order valence-electron chi connectivity index (χ4n) is 2.70. The molecular formula is C17H18N4O2S. The van der Waals surface area contributed by atoms with E-state index in [2.05, 4.69) is 14.9 Å². The third kappa shape index (κ3) is 3.67. The first-order chi connectivity index (χ1) is 11.7. The summed E-state index contributed by atoms with van der Waals surface area (Å²) in [5.74, 6) is 0. The molecule has 124 valence electrons. The van der Waals surface area contributed by atoms with Crippen molar-refractivity contribution in [2.24, 2.45) is 0 Å². The SMILES string of the molecule is CSc1nc(-c2cccc(CN3CCOCC3)c2)c(C#N)c(=O)[nH]1. The first-order valence-electron chi connectivity index (χ1n) is 7.69. The van der Waals surface area contributed by atoms with Gasteiger partial charge in [0.2, 0.25) is 0 Å². The lowest BCUT2D eigenvalue weighted by atomic mass is 10.0. The summed E-state index contributed by atoms with van der Waals surface area (Å²) in [6.45, 7) is 4.15. The topological polar surface area (TPSA) is 82.0 Å². The minimum absolute atomic E-state index is 0.0522. The van der Waals surface area contributed by atoms with E-state index in [1.54, 1.807) is 0 Å². The van der Waals surface area contributed by atoms with Crippen LogP contribution in [0, 0.1) is 11.3 Å². The minimum atomic E-state index is -0.398. The van der Waals surface area contributed by atoms with Gasteiger partial charge in [-0.1, -0.05) is 30.0 Å². The summed E-state index contributed by atoms with van der Waals surface area (Å²) in [6.07, 6.45) is 1.84. The molecule has 2 heterocycles. The van der Waals surface area contributed by atoms with E-state index in [1.165, 1.54) is 11.8 Å². The van der Waals surface area contributed by atoms with E-state index >= 15 is 0 Å². The van der Waals surface area contributed by atoms with Crippen molar-refractivity contribution < 1.29 is 4.74 Å². The molecule has 0 radical (unpaired) electrons. The van der Waals surface area contributed by atoms with Gasteiger partial charge in [0.1, 0.15) is 11.6 Å². The van der Waals surface area contributed by atoms with Gasteiger partial charge in [-0.15, -0.1) is 0 Å². The lowest BCUT2D eigenvalue weighted by Crippen LogP contribution is -2.35. The predicted molar refractivity (Wildman–Crippen MR) is 92.9 cm³/mol. The molecule has 0 atom stereocenters. The number of benzene rings is 1. The Hall–Kier alpha value is -2.14. The van der Waals surface area contributed by atoms with Crippen molar-refractivity contribution in [3.05, 3.63) is 45.7 Å². The van der Waals surface area contributed by atoms with E-state index in [1.807, 2.05) is 36.6 Å². The normalized spacial score (nSPS) is 15.2. The molecule has 3 rings (SSSR count). The summed E-state index contributed by atoms with van der Waals surface area (Å²) in [6, 6.07) is 9.85. The van der Waals surface area contributed by atoms with Crippen LogP contribution in [0.15, 0.2) is 34.2 Å². The van der Waals surface area contributed by atoms with Crippen LogP contribution in [0.5, 0.6) is 0 Å². The molecule has 1 aromatic carbocycles. The monoisotopic (exact) mass is 342 g/mol. The number of hydrogen-bond acceptors (Lipinski definition) is 6. The summed E-state index contributed by atoms with van der Waals surface area (Å²) in [5, 5.41) is 9.82. The molecule has 1 N–H and O–H groups in total. The number of aromatic amines is 1. The molecule has 1 fully saturated rings. The summed E-state index contributed by atoms with van der Waals surface area (Å²) >= 11 is 1.35. The van der Waals surface area contributed by atoms with E-state index in [-0.39, 0.29) is 5.56 Å². The van der Waals surface area contributed by atoms with Gasteiger partial charge in [0.05, 0.1) is 18.9 Å². The molecule has 0 amide bonds. The Morgan fingerprint density at radius 2 is 2.21 bits per heavy atom. The number of ether oxygens (including phenoxy) is 1. The Morgan fingerprint density at radius 3 is 2.92 bits per heavy atom. The lowest BCUT2D eigenvalue weighted by molar-refractivity contribution is 0.0342. The van der Waals surface area contributed by atoms with Crippen LogP contribution in [0.1, 0.15) is 11.1 Å². The van der Waals surface area contributed by atoms with E-state index in [4.69, 9.17) is 4.74 Å². The van der Waals surface area contributed by atoms with Gasteiger partial charge in [-0.25, -0.2) is 4.98 Å². The van der Waals surface area contributed by atoms with Gasteiger partial charge in [-0.3, -0.25) is 9.69 Å². The number of H-pyrrole nitrogens is 1. The molecule has 1 aromatic heterocycles. The quantitative estimate of drug-likeness (QED) is 0.675. The highest BCUT2D eigenvalue weighted by Gasteiger charge is 2.15. The van der Waals surface area contributed by atoms with Crippen LogP contribution < -0.4 is 5.56 Å². The van der Waals surface area contributed by atoms with Gasteiger partial charge in [0.25, 0.3) is 5.56 Å². The summed E-state index contributed by atoms with van der Waals surface area (Å²) < 4.78 is 5.37. The van der Waals surface area contributed by atoms with E-state index in [9.17, 15) is 10.1 Å². The first-order valence-corrected chi connectivity index (χ1v) is 8.91. The second-order valence-electron chi connectivity index (χ2n) is 5.50. The van der Waals surface area contributed by atoms with Crippen LogP contribution in [0.25, 0.3) is 11.3 Å². The maximum atomic E-state index is 12.1. The number of hydrogen-bond donors (Lipinski definition) is 1. The molecule has 1 aliphatic heterocycles. The number of nitrogens with zero attached hydrogens (tertiary/aromatic N) is 3. The molecule has 2 aromatic rings. The molecule has 1 aliphatic rings. The zero-order chi connectivity index (χ0) is 16.9.